The Hall–Kier alpha value is -2.42. The van der Waals surface area contributed by atoms with Gasteiger partial charge in [-0.1, -0.05) is 5.16 Å². The molecule has 0 aliphatic carbocycles. The Morgan fingerprint density at radius 2 is 2.19 bits per heavy atom. The summed E-state index contributed by atoms with van der Waals surface area (Å²) in [6.07, 6.45) is 0. The molecule has 0 radical (unpaired) electrons. The summed E-state index contributed by atoms with van der Waals surface area (Å²) in [7, 11) is 0. The van der Waals surface area contributed by atoms with Crippen molar-refractivity contribution in [2.45, 2.75) is 13.5 Å². The number of amides is 1. The third-order valence-corrected chi connectivity index (χ3v) is 3.42. The van der Waals surface area contributed by atoms with E-state index in [1.807, 2.05) is 13.0 Å². The van der Waals surface area contributed by atoms with E-state index in [0.29, 0.717) is 19.6 Å². The Morgan fingerprint density at radius 1 is 1.43 bits per heavy atom. The fourth-order valence-corrected chi connectivity index (χ4v) is 2.34. The van der Waals surface area contributed by atoms with E-state index in [1.54, 1.807) is 4.90 Å². The van der Waals surface area contributed by atoms with E-state index in [-0.39, 0.29) is 17.7 Å². The summed E-state index contributed by atoms with van der Waals surface area (Å²) in [6, 6.07) is 1.93. The molecule has 0 bridgehead atoms. The molecule has 0 unspecified atom stereocenters. The van der Waals surface area contributed by atoms with Crippen LogP contribution in [0.4, 0.5) is 5.95 Å². The molecule has 112 valence electrons. The zero-order chi connectivity index (χ0) is 14.8. The van der Waals surface area contributed by atoms with Gasteiger partial charge in [0.1, 0.15) is 0 Å². The van der Waals surface area contributed by atoms with E-state index in [9.17, 15) is 4.79 Å². The number of aromatic amines is 1. The second-order valence-corrected chi connectivity index (χ2v) is 5.05. The summed E-state index contributed by atoms with van der Waals surface area (Å²) in [5.74, 6) is 0.939. The van der Waals surface area contributed by atoms with E-state index in [1.165, 1.54) is 0 Å². The first-order chi connectivity index (χ1) is 10.1. The molecule has 9 heteroatoms. The van der Waals surface area contributed by atoms with Gasteiger partial charge in [0.15, 0.2) is 5.76 Å². The van der Waals surface area contributed by atoms with Crippen molar-refractivity contribution in [1.29, 1.82) is 0 Å². The molecule has 0 spiro atoms. The normalized spacial score (nSPS) is 16.3. The smallest absolute Gasteiger partial charge is 0.291 e. The highest BCUT2D eigenvalue weighted by molar-refractivity contribution is 5.90. The standard InChI is InChI=1S/C12H17N7O2/c1-8-6-9(21-17-8)7-18-2-4-19(5-3-18)11(20)10-14-12(13)16-15-10/h6H,2-5,7H2,1H3,(H3,13,14,15,16). The molecular formula is C12H17N7O2. The van der Waals surface area contributed by atoms with Crippen LogP contribution in [0.25, 0.3) is 0 Å². The SMILES string of the molecule is Cc1cc(CN2CCN(C(=O)c3nc(N)n[nH]3)CC2)on1. The van der Waals surface area contributed by atoms with Crippen molar-refractivity contribution < 1.29 is 9.32 Å². The van der Waals surface area contributed by atoms with E-state index in [2.05, 4.69) is 25.2 Å². The molecule has 2 aromatic rings. The third-order valence-electron chi connectivity index (χ3n) is 3.42. The predicted molar refractivity (Wildman–Crippen MR) is 73.2 cm³/mol. The molecule has 0 atom stereocenters. The summed E-state index contributed by atoms with van der Waals surface area (Å²) >= 11 is 0. The lowest BCUT2D eigenvalue weighted by molar-refractivity contribution is 0.0606. The number of carbonyl (C=O) groups is 1. The Kier molecular flexibility index (Phi) is 3.57. The molecule has 3 N–H and O–H groups in total. The van der Waals surface area contributed by atoms with Gasteiger partial charge in [-0.15, -0.1) is 5.10 Å². The number of nitrogen functional groups attached to an aromatic ring is 1. The lowest BCUT2D eigenvalue weighted by Crippen LogP contribution is -2.48. The molecule has 2 aromatic heterocycles. The molecule has 1 aliphatic rings. The van der Waals surface area contributed by atoms with Crippen LogP contribution in [0, 0.1) is 6.92 Å². The maximum Gasteiger partial charge on any atom is 0.291 e. The average Bonchev–Trinajstić information content (AvgIpc) is 3.08. The van der Waals surface area contributed by atoms with E-state index < -0.39 is 0 Å². The highest BCUT2D eigenvalue weighted by Crippen LogP contribution is 2.11. The van der Waals surface area contributed by atoms with Crippen LogP contribution in [0.1, 0.15) is 22.1 Å². The lowest BCUT2D eigenvalue weighted by Gasteiger charge is -2.33. The monoisotopic (exact) mass is 291 g/mol. The molecule has 21 heavy (non-hydrogen) atoms. The van der Waals surface area contributed by atoms with Crippen molar-refractivity contribution >= 4 is 11.9 Å². The number of hydrogen-bond donors (Lipinski definition) is 2. The van der Waals surface area contributed by atoms with Gasteiger partial charge in [0.05, 0.1) is 12.2 Å². The first kappa shape index (κ1) is 13.6. The molecule has 3 heterocycles. The quantitative estimate of drug-likeness (QED) is 0.793. The van der Waals surface area contributed by atoms with Crippen LogP contribution in [-0.2, 0) is 6.54 Å². The molecule has 1 fully saturated rings. The van der Waals surface area contributed by atoms with Gasteiger partial charge in [0.25, 0.3) is 5.91 Å². The van der Waals surface area contributed by atoms with Gasteiger partial charge in [0, 0.05) is 32.2 Å². The minimum atomic E-state index is -0.172. The number of nitrogens with one attached hydrogen (secondary N) is 1. The summed E-state index contributed by atoms with van der Waals surface area (Å²) in [6.45, 7) is 5.41. The summed E-state index contributed by atoms with van der Waals surface area (Å²) in [5, 5.41) is 10.1. The zero-order valence-corrected chi connectivity index (χ0v) is 11.7. The lowest BCUT2D eigenvalue weighted by atomic mass is 10.2. The maximum atomic E-state index is 12.2. The van der Waals surface area contributed by atoms with Crippen molar-refractivity contribution in [3.63, 3.8) is 0 Å². The molecule has 9 nitrogen and oxygen atoms in total. The Morgan fingerprint density at radius 3 is 2.76 bits per heavy atom. The van der Waals surface area contributed by atoms with Gasteiger partial charge >= 0.3 is 0 Å². The summed E-state index contributed by atoms with van der Waals surface area (Å²) < 4.78 is 5.20. The van der Waals surface area contributed by atoms with Crippen LogP contribution < -0.4 is 5.73 Å². The number of rotatable bonds is 3. The van der Waals surface area contributed by atoms with Crippen LogP contribution >= 0.6 is 0 Å². The topological polar surface area (TPSA) is 117 Å². The van der Waals surface area contributed by atoms with Crippen molar-refractivity contribution in [3.05, 3.63) is 23.3 Å². The number of aromatic nitrogens is 4. The van der Waals surface area contributed by atoms with Crippen LogP contribution in [0.3, 0.4) is 0 Å². The number of anilines is 1. The van der Waals surface area contributed by atoms with Gasteiger partial charge in [-0.05, 0) is 6.92 Å². The number of aryl methyl sites for hydroxylation is 1. The van der Waals surface area contributed by atoms with Gasteiger partial charge in [0.2, 0.25) is 11.8 Å². The minimum absolute atomic E-state index is 0.0812. The second-order valence-electron chi connectivity index (χ2n) is 5.05. The number of piperazine rings is 1. The predicted octanol–water partition coefficient (Wildman–Crippen LogP) is -0.359. The molecular weight excluding hydrogens is 274 g/mol. The molecule has 1 aliphatic heterocycles. The first-order valence-corrected chi connectivity index (χ1v) is 6.73. The second kappa shape index (κ2) is 5.52. The Bertz CT molecular complexity index is 627. The number of hydrogen-bond acceptors (Lipinski definition) is 7. The first-order valence-electron chi connectivity index (χ1n) is 6.73. The maximum absolute atomic E-state index is 12.2. The highest BCUT2D eigenvalue weighted by Gasteiger charge is 2.24. The van der Waals surface area contributed by atoms with E-state index >= 15 is 0 Å². The number of carbonyl (C=O) groups excluding carboxylic acids is 1. The van der Waals surface area contributed by atoms with Gasteiger partial charge in [-0.2, -0.15) is 4.98 Å². The molecule has 1 amide bonds. The van der Waals surface area contributed by atoms with Gasteiger partial charge in [-0.3, -0.25) is 14.8 Å². The van der Waals surface area contributed by atoms with Crippen LogP contribution in [0.15, 0.2) is 10.6 Å². The average molecular weight is 291 g/mol. The molecule has 0 saturated carbocycles. The van der Waals surface area contributed by atoms with Crippen LogP contribution in [-0.4, -0.2) is 62.2 Å². The van der Waals surface area contributed by atoms with Crippen molar-refractivity contribution in [1.82, 2.24) is 30.1 Å². The third kappa shape index (κ3) is 3.02. The molecule has 3 rings (SSSR count). The van der Waals surface area contributed by atoms with Crippen molar-refractivity contribution in [2.75, 3.05) is 31.9 Å². The van der Waals surface area contributed by atoms with Crippen LogP contribution in [0.2, 0.25) is 0 Å². The van der Waals surface area contributed by atoms with Crippen molar-refractivity contribution in [2.24, 2.45) is 0 Å². The molecule has 0 aromatic carbocycles. The fraction of sp³-hybridized carbons (Fsp3) is 0.500. The zero-order valence-electron chi connectivity index (χ0n) is 11.7. The minimum Gasteiger partial charge on any atom is -0.366 e. The van der Waals surface area contributed by atoms with E-state index in [0.717, 1.165) is 24.5 Å². The summed E-state index contributed by atoms with van der Waals surface area (Å²) in [4.78, 5) is 20.0. The Labute approximate surface area is 121 Å². The van der Waals surface area contributed by atoms with Gasteiger partial charge in [-0.25, -0.2) is 0 Å². The van der Waals surface area contributed by atoms with Crippen molar-refractivity contribution in [3.8, 4) is 0 Å². The summed E-state index contributed by atoms with van der Waals surface area (Å²) in [5.41, 5.74) is 6.28. The number of H-pyrrole nitrogens is 1. The van der Waals surface area contributed by atoms with Crippen LogP contribution in [0.5, 0.6) is 0 Å². The van der Waals surface area contributed by atoms with Gasteiger partial charge < -0.3 is 15.2 Å². The molecule has 1 saturated heterocycles. The number of nitrogens with two attached hydrogens (primary N) is 1. The number of nitrogens with zero attached hydrogens (tertiary/aromatic N) is 5. The Balaban J connectivity index is 1.54. The fourth-order valence-electron chi connectivity index (χ4n) is 2.34. The highest BCUT2D eigenvalue weighted by atomic mass is 16.5. The largest absolute Gasteiger partial charge is 0.366 e. The van der Waals surface area contributed by atoms with E-state index in [4.69, 9.17) is 10.3 Å².